The topological polar surface area (TPSA) is 30.7 Å². The van der Waals surface area contributed by atoms with Crippen molar-refractivity contribution in [3.8, 4) is 11.4 Å². The fourth-order valence-corrected chi connectivity index (χ4v) is 5.13. The van der Waals surface area contributed by atoms with Gasteiger partial charge in [0.05, 0.1) is 0 Å². The second kappa shape index (κ2) is 7.55. The predicted molar refractivity (Wildman–Crippen MR) is 115 cm³/mol. The lowest BCUT2D eigenvalue weighted by atomic mass is 10.1. The molecule has 0 saturated carbocycles. The van der Waals surface area contributed by atoms with Gasteiger partial charge in [0.25, 0.3) is 0 Å². The van der Waals surface area contributed by atoms with Crippen molar-refractivity contribution in [1.29, 1.82) is 0 Å². The molecule has 0 amide bonds. The lowest BCUT2D eigenvalue weighted by Crippen LogP contribution is -2.05. The molecule has 0 atom stereocenters. The molecule has 4 rings (SSSR count). The molecular weight excluding hydrogens is 426 g/mol. The van der Waals surface area contributed by atoms with Crippen molar-refractivity contribution in [1.82, 2.24) is 14.8 Å². The van der Waals surface area contributed by atoms with E-state index >= 15 is 0 Å². The monoisotopic (exact) mass is 443 g/mol. The Morgan fingerprint density at radius 1 is 1.08 bits per heavy atom. The number of benzene rings is 2. The van der Waals surface area contributed by atoms with Crippen LogP contribution in [0, 0.1) is 0 Å². The molecule has 6 heteroatoms. The molecule has 0 saturated heterocycles. The highest BCUT2D eigenvalue weighted by Gasteiger charge is 2.19. The highest BCUT2D eigenvalue weighted by Crippen LogP contribution is 2.36. The Morgan fingerprint density at radius 3 is 2.62 bits per heavy atom. The Bertz CT molecular complexity index is 1030. The van der Waals surface area contributed by atoms with Crippen LogP contribution in [0.15, 0.2) is 63.5 Å². The molecular formula is C20H18BrN3S2. The maximum absolute atomic E-state index is 4.55. The summed E-state index contributed by atoms with van der Waals surface area (Å²) in [5, 5.41) is 13.5. The molecule has 0 spiro atoms. The molecule has 0 bridgehead atoms. The first-order chi connectivity index (χ1) is 12.6. The first kappa shape index (κ1) is 17.8. The van der Waals surface area contributed by atoms with E-state index in [-0.39, 0.29) is 0 Å². The van der Waals surface area contributed by atoms with Crippen LogP contribution in [0.1, 0.15) is 25.5 Å². The number of hydrogen-bond donors (Lipinski definition) is 0. The zero-order valence-corrected chi connectivity index (χ0v) is 17.7. The third-order valence-electron chi connectivity index (χ3n) is 4.18. The van der Waals surface area contributed by atoms with Gasteiger partial charge in [-0.1, -0.05) is 58.0 Å². The molecule has 0 aliphatic carbocycles. The molecule has 3 nitrogen and oxygen atoms in total. The maximum Gasteiger partial charge on any atom is 0.192 e. The van der Waals surface area contributed by atoms with Gasteiger partial charge >= 0.3 is 0 Å². The molecule has 2 aromatic heterocycles. The smallest absolute Gasteiger partial charge is 0.192 e. The number of aromatic nitrogens is 3. The summed E-state index contributed by atoms with van der Waals surface area (Å²) in [6.07, 6.45) is 0. The summed E-state index contributed by atoms with van der Waals surface area (Å²) in [4.78, 5) is 0. The second-order valence-electron chi connectivity index (χ2n) is 6.33. The first-order valence-electron chi connectivity index (χ1n) is 8.42. The molecule has 0 unspecified atom stereocenters. The van der Waals surface area contributed by atoms with Gasteiger partial charge in [-0.3, -0.25) is 4.57 Å². The van der Waals surface area contributed by atoms with Crippen LogP contribution in [-0.2, 0) is 5.75 Å². The van der Waals surface area contributed by atoms with Crippen LogP contribution >= 0.6 is 39.0 Å². The lowest BCUT2D eigenvalue weighted by molar-refractivity contribution is 0.555. The maximum atomic E-state index is 4.55. The zero-order valence-electron chi connectivity index (χ0n) is 14.5. The normalized spacial score (nSPS) is 11.5. The lowest BCUT2D eigenvalue weighted by Gasteiger charge is -2.13. The number of thiophene rings is 1. The summed E-state index contributed by atoms with van der Waals surface area (Å²) in [5.41, 5.74) is 2.45. The van der Waals surface area contributed by atoms with Crippen LogP contribution in [-0.4, -0.2) is 14.8 Å². The molecule has 0 radical (unpaired) electrons. The average molecular weight is 444 g/mol. The minimum atomic E-state index is 0.297. The Balaban J connectivity index is 1.68. The van der Waals surface area contributed by atoms with Crippen LogP contribution < -0.4 is 0 Å². The van der Waals surface area contributed by atoms with E-state index in [1.54, 1.807) is 23.1 Å². The van der Waals surface area contributed by atoms with Crippen LogP contribution in [0.4, 0.5) is 0 Å². The van der Waals surface area contributed by atoms with Gasteiger partial charge in [0, 0.05) is 37.3 Å². The van der Waals surface area contributed by atoms with E-state index in [0.717, 1.165) is 21.2 Å². The van der Waals surface area contributed by atoms with E-state index in [0.29, 0.717) is 6.04 Å². The van der Waals surface area contributed by atoms with E-state index in [9.17, 15) is 0 Å². The minimum absolute atomic E-state index is 0.297. The van der Waals surface area contributed by atoms with Crippen molar-refractivity contribution in [2.75, 3.05) is 0 Å². The molecule has 0 aliphatic heterocycles. The predicted octanol–water partition coefficient (Wildman–Crippen LogP) is 6.80. The van der Waals surface area contributed by atoms with Crippen LogP contribution in [0.25, 0.3) is 21.5 Å². The molecule has 0 N–H and O–H groups in total. The fourth-order valence-electron chi connectivity index (χ4n) is 2.90. The quantitative estimate of drug-likeness (QED) is 0.317. The Hall–Kier alpha value is -1.63. The molecule has 0 fully saturated rings. The number of thioether (sulfide) groups is 1. The zero-order chi connectivity index (χ0) is 18.1. The molecule has 2 aromatic carbocycles. The summed E-state index contributed by atoms with van der Waals surface area (Å²) >= 11 is 6.98. The molecule has 26 heavy (non-hydrogen) atoms. The van der Waals surface area contributed by atoms with Crippen molar-refractivity contribution in [2.45, 2.75) is 30.8 Å². The summed E-state index contributed by atoms with van der Waals surface area (Å²) in [5.74, 6) is 1.83. The van der Waals surface area contributed by atoms with Gasteiger partial charge in [-0.2, -0.15) is 0 Å². The van der Waals surface area contributed by atoms with E-state index in [4.69, 9.17) is 0 Å². The van der Waals surface area contributed by atoms with E-state index in [2.05, 4.69) is 98.5 Å². The molecule has 2 heterocycles. The van der Waals surface area contributed by atoms with Gasteiger partial charge < -0.3 is 0 Å². The SMILES string of the molecule is CC(C)n1c(SCc2ccc(Br)cc2)nnc1-c1csc2ccccc12. The van der Waals surface area contributed by atoms with Gasteiger partial charge in [0.2, 0.25) is 0 Å². The van der Waals surface area contributed by atoms with Gasteiger partial charge in [-0.15, -0.1) is 21.5 Å². The number of nitrogens with zero attached hydrogens (tertiary/aromatic N) is 3. The first-order valence-corrected chi connectivity index (χ1v) is 11.1. The second-order valence-corrected chi connectivity index (χ2v) is 9.10. The number of hydrogen-bond acceptors (Lipinski definition) is 4. The molecule has 132 valence electrons. The largest absolute Gasteiger partial charge is 0.299 e. The average Bonchev–Trinajstić information content (AvgIpc) is 3.25. The van der Waals surface area contributed by atoms with Gasteiger partial charge in [-0.05, 0) is 37.6 Å². The van der Waals surface area contributed by atoms with Crippen molar-refractivity contribution < 1.29 is 0 Å². The van der Waals surface area contributed by atoms with Crippen LogP contribution in [0.3, 0.4) is 0 Å². The van der Waals surface area contributed by atoms with Gasteiger partial charge in [0.15, 0.2) is 11.0 Å². The van der Waals surface area contributed by atoms with Crippen molar-refractivity contribution in [3.63, 3.8) is 0 Å². The van der Waals surface area contributed by atoms with Crippen molar-refractivity contribution in [2.24, 2.45) is 0 Å². The van der Waals surface area contributed by atoms with Crippen molar-refractivity contribution >= 4 is 49.1 Å². The Kier molecular flexibility index (Phi) is 5.16. The van der Waals surface area contributed by atoms with E-state index in [1.165, 1.54) is 21.2 Å². The molecule has 0 aliphatic rings. The number of halogens is 1. The van der Waals surface area contributed by atoms with Crippen molar-refractivity contribution in [3.05, 3.63) is 63.9 Å². The van der Waals surface area contributed by atoms with Crippen LogP contribution in [0.2, 0.25) is 0 Å². The van der Waals surface area contributed by atoms with E-state index in [1.807, 2.05) is 0 Å². The standard InChI is InChI=1S/C20H18BrN3S2/c1-13(2)24-19(17-12-25-18-6-4-3-5-16(17)18)22-23-20(24)26-11-14-7-9-15(21)10-8-14/h3-10,12-13H,11H2,1-2H3. The summed E-state index contributed by atoms with van der Waals surface area (Å²) < 4.78 is 4.63. The van der Waals surface area contributed by atoms with E-state index < -0.39 is 0 Å². The Labute approximate surface area is 169 Å². The number of rotatable bonds is 5. The fraction of sp³-hybridized carbons (Fsp3) is 0.200. The number of fused-ring (bicyclic) bond motifs is 1. The highest BCUT2D eigenvalue weighted by molar-refractivity contribution is 9.10. The summed E-state index contributed by atoms with van der Waals surface area (Å²) in [7, 11) is 0. The van der Waals surface area contributed by atoms with Gasteiger partial charge in [-0.25, -0.2) is 0 Å². The third kappa shape index (κ3) is 3.46. The highest BCUT2D eigenvalue weighted by atomic mass is 79.9. The third-order valence-corrected chi connectivity index (χ3v) is 6.69. The molecule has 4 aromatic rings. The van der Waals surface area contributed by atoms with Gasteiger partial charge in [0.1, 0.15) is 0 Å². The Morgan fingerprint density at radius 2 is 1.85 bits per heavy atom. The van der Waals surface area contributed by atoms with Crippen LogP contribution in [0.5, 0.6) is 0 Å². The minimum Gasteiger partial charge on any atom is -0.299 e. The summed E-state index contributed by atoms with van der Waals surface area (Å²) in [6, 6.07) is 17.2. The summed E-state index contributed by atoms with van der Waals surface area (Å²) in [6.45, 7) is 4.37.